The van der Waals surface area contributed by atoms with Crippen molar-refractivity contribution in [2.75, 3.05) is 20.8 Å². The van der Waals surface area contributed by atoms with Crippen LogP contribution < -0.4 is 19.6 Å². The summed E-state index contributed by atoms with van der Waals surface area (Å²) in [7, 11) is 3.10. The Kier molecular flexibility index (Phi) is 7.86. The van der Waals surface area contributed by atoms with Crippen LogP contribution in [0, 0.1) is 0 Å². The van der Waals surface area contributed by atoms with Crippen LogP contribution in [0.25, 0.3) is 11.3 Å². The minimum Gasteiger partial charge on any atom is -0.497 e. The highest BCUT2D eigenvalue weighted by Gasteiger charge is 2.15. The molecule has 0 saturated carbocycles. The van der Waals surface area contributed by atoms with Gasteiger partial charge in [-0.3, -0.25) is 9.78 Å². The van der Waals surface area contributed by atoms with E-state index in [-0.39, 0.29) is 5.69 Å². The fourth-order valence-electron chi connectivity index (χ4n) is 2.77. The Morgan fingerprint density at radius 1 is 1.03 bits per heavy atom. The summed E-state index contributed by atoms with van der Waals surface area (Å²) in [4.78, 5) is 20.9. The molecule has 10 heteroatoms. The molecule has 2 aromatic carbocycles. The zero-order valence-electron chi connectivity index (χ0n) is 17.6. The number of methoxy groups -OCH3 is 2. The van der Waals surface area contributed by atoms with Crippen LogP contribution in [0.5, 0.6) is 17.2 Å². The van der Waals surface area contributed by atoms with E-state index in [1.54, 1.807) is 44.6 Å². The number of hydrogen-bond donors (Lipinski definition) is 1. The number of nitrogens with one attached hydrogen (secondary N) is 1. The van der Waals surface area contributed by atoms with Gasteiger partial charge in [-0.2, -0.15) is 5.10 Å². The summed E-state index contributed by atoms with van der Waals surface area (Å²) in [5, 5.41) is 4.63. The number of benzene rings is 2. The number of ether oxygens (including phenoxy) is 3. The van der Waals surface area contributed by atoms with Crippen LogP contribution >= 0.6 is 23.2 Å². The Morgan fingerprint density at radius 2 is 1.69 bits per heavy atom. The molecule has 0 unspecified atom stereocenters. The molecule has 0 aliphatic carbocycles. The van der Waals surface area contributed by atoms with Crippen LogP contribution in [0.3, 0.4) is 0 Å². The van der Waals surface area contributed by atoms with E-state index in [4.69, 9.17) is 37.4 Å². The van der Waals surface area contributed by atoms with E-state index in [9.17, 15) is 4.79 Å². The van der Waals surface area contributed by atoms with E-state index in [2.05, 4.69) is 20.5 Å². The lowest BCUT2D eigenvalue weighted by Gasteiger charge is -2.10. The number of hydrazone groups is 1. The molecule has 1 amide bonds. The minimum atomic E-state index is -0.552. The van der Waals surface area contributed by atoms with Gasteiger partial charge in [0.1, 0.15) is 22.9 Å². The van der Waals surface area contributed by atoms with Gasteiger partial charge in [-0.25, -0.2) is 10.4 Å². The van der Waals surface area contributed by atoms with Gasteiger partial charge in [0.05, 0.1) is 55.2 Å². The minimum absolute atomic E-state index is 0.0453. The predicted octanol–water partition coefficient (Wildman–Crippen LogP) is 4.63. The molecule has 0 atom stereocenters. The lowest BCUT2D eigenvalue weighted by Crippen LogP contribution is -2.19. The first-order valence-corrected chi connectivity index (χ1v) is 10.2. The number of aromatic nitrogens is 2. The largest absolute Gasteiger partial charge is 0.497 e. The Morgan fingerprint density at radius 3 is 2.28 bits per heavy atom. The first kappa shape index (κ1) is 23.3. The fraction of sp³-hybridized carbons (Fsp3) is 0.182. The molecule has 166 valence electrons. The lowest BCUT2D eigenvalue weighted by atomic mass is 10.1. The molecule has 0 spiro atoms. The third kappa shape index (κ3) is 5.66. The van der Waals surface area contributed by atoms with Crippen molar-refractivity contribution in [3.05, 3.63) is 64.0 Å². The molecule has 1 N–H and O–H groups in total. The maximum absolute atomic E-state index is 12.5. The maximum atomic E-state index is 12.5. The zero-order valence-corrected chi connectivity index (χ0v) is 19.1. The highest BCUT2D eigenvalue weighted by Crippen LogP contribution is 2.37. The first-order chi connectivity index (χ1) is 15.4. The predicted molar refractivity (Wildman–Crippen MR) is 123 cm³/mol. The number of carbonyl (C=O) groups excluding carboxylic acids is 1. The number of carbonyl (C=O) groups is 1. The van der Waals surface area contributed by atoms with Gasteiger partial charge in [-0.05, 0) is 31.2 Å². The Bertz CT molecular complexity index is 1110. The van der Waals surface area contributed by atoms with Crippen molar-refractivity contribution in [2.24, 2.45) is 5.10 Å². The fourth-order valence-corrected chi connectivity index (χ4v) is 3.43. The normalized spacial score (nSPS) is 10.8. The Labute approximate surface area is 195 Å². The highest BCUT2D eigenvalue weighted by atomic mass is 35.5. The van der Waals surface area contributed by atoms with Gasteiger partial charge in [0.25, 0.3) is 5.91 Å². The van der Waals surface area contributed by atoms with Gasteiger partial charge in [-0.15, -0.1) is 0 Å². The van der Waals surface area contributed by atoms with E-state index in [0.717, 1.165) is 0 Å². The third-order valence-electron chi connectivity index (χ3n) is 4.20. The average molecular weight is 475 g/mol. The first-order valence-electron chi connectivity index (χ1n) is 9.45. The zero-order chi connectivity index (χ0) is 23.1. The Hall–Kier alpha value is -3.36. The molecule has 0 saturated heterocycles. The van der Waals surface area contributed by atoms with Gasteiger partial charge in [0, 0.05) is 17.2 Å². The number of amides is 1. The molecule has 1 aromatic heterocycles. The van der Waals surface area contributed by atoms with Crippen molar-refractivity contribution in [1.29, 1.82) is 0 Å². The number of rotatable bonds is 8. The number of halogens is 2. The molecule has 0 fully saturated rings. The molecular weight excluding hydrogens is 455 g/mol. The highest BCUT2D eigenvalue weighted by molar-refractivity contribution is 6.39. The molecule has 0 bridgehead atoms. The van der Waals surface area contributed by atoms with Crippen LogP contribution in [-0.4, -0.2) is 42.9 Å². The van der Waals surface area contributed by atoms with Gasteiger partial charge in [0.2, 0.25) is 0 Å². The molecular formula is C22H20Cl2N4O4. The maximum Gasteiger partial charge on any atom is 0.291 e. The van der Waals surface area contributed by atoms with Gasteiger partial charge < -0.3 is 14.2 Å². The number of hydrogen-bond acceptors (Lipinski definition) is 7. The molecule has 0 aliphatic heterocycles. The summed E-state index contributed by atoms with van der Waals surface area (Å²) < 4.78 is 15.9. The van der Waals surface area contributed by atoms with Gasteiger partial charge in [0.15, 0.2) is 0 Å². The lowest BCUT2D eigenvalue weighted by molar-refractivity contribution is 0.0950. The summed E-state index contributed by atoms with van der Waals surface area (Å²) in [6, 6.07) is 8.48. The summed E-state index contributed by atoms with van der Waals surface area (Å²) in [6.45, 7) is 2.33. The molecule has 3 aromatic rings. The van der Waals surface area contributed by atoms with Crippen molar-refractivity contribution in [2.45, 2.75) is 6.92 Å². The van der Waals surface area contributed by atoms with E-state index in [1.807, 2.05) is 6.92 Å². The van der Waals surface area contributed by atoms with Crippen LogP contribution in [0.1, 0.15) is 23.0 Å². The number of nitrogens with zero attached hydrogens (tertiary/aromatic N) is 3. The second kappa shape index (κ2) is 10.8. The van der Waals surface area contributed by atoms with Crippen molar-refractivity contribution >= 4 is 35.3 Å². The topological polar surface area (TPSA) is 94.9 Å². The van der Waals surface area contributed by atoms with Crippen LogP contribution in [-0.2, 0) is 0 Å². The summed E-state index contributed by atoms with van der Waals surface area (Å²) in [5.74, 6) is 1.18. The molecule has 3 rings (SSSR count). The van der Waals surface area contributed by atoms with E-state index in [0.29, 0.717) is 50.7 Å². The van der Waals surface area contributed by atoms with E-state index >= 15 is 0 Å². The summed E-state index contributed by atoms with van der Waals surface area (Å²) >= 11 is 12.7. The summed E-state index contributed by atoms with van der Waals surface area (Å²) in [6.07, 6.45) is 4.25. The van der Waals surface area contributed by atoms with Crippen molar-refractivity contribution in [3.63, 3.8) is 0 Å². The Balaban J connectivity index is 1.79. The molecule has 32 heavy (non-hydrogen) atoms. The smallest absolute Gasteiger partial charge is 0.291 e. The monoisotopic (exact) mass is 474 g/mol. The van der Waals surface area contributed by atoms with E-state index in [1.165, 1.54) is 18.6 Å². The second-order valence-corrected chi connectivity index (χ2v) is 7.14. The van der Waals surface area contributed by atoms with Crippen LogP contribution in [0.15, 0.2) is 47.8 Å². The third-order valence-corrected chi connectivity index (χ3v) is 4.80. The summed E-state index contributed by atoms with van der Waals surface area (Å²) in [5.41, 5.74) is 3.93. The van der Waals surface area contributed by atoms with E-state index < -0.39 is 5.91 Å². The standard InChI is InChI=1S/C22H20Cl2N4O4/c1-4-32-16-8-17(23)21(18(24)9-16)19-11-25-12-20(27-19)22(29)28-26-10-13-5-14(30-2)7-15(6-13)31-3/h5-12H,4H2,1-3H3,(H,28,29)/b26-10+. The molecule has 8 nitrogen and oxygen atoms in total. The quantitative estimate of drug-likeness (QED) is 0.377. The second-order valence-electron chi connectivity index (χ2n) is 6.33. The molecule has 0 radical (unpaired) electrons. The van der Waals surface area contributed by atoms with Crippen LogP contribution in [0.4, 0.5) is 0 Å². The van der Waals surface area contributed by atoms with Crippen molar-refractivity contribution < 1.29 is 19.0 Å². The van der Waals surface area contributed by atoms with Gasteiger partial charge in [-0.1, -0.05) is 23.2 Å². The van der Waals surface area contributed by atoms with Crippen molar-refractivity contribution in [1.82, 2.24) is 15.4 Å². The molecule has 0 aliphatic rings. The SMILES string of the molecule is CCOc1cc(Cl)c(-c2cncc(C(=O)N/N=C/c3cc(OC)cc(OC)c3)n2)c(Cl)c1. The molecule has 1 heterocycles. The average Bonchev–Trinajstić information content (AvgIpc) is 2.78. The van der Waals surface area contributed by atoms with Gasteiger partial charge >= 0.3 is 0 Å². The van der Waals surface area contributed by atoms with Crippen molar-refractivity contribution in [3.8, 4) is 28.5 Å². The van der Waals surface area contributed by atoms with Crippen LogP contribution in [0.2, 0.25) is 10.0 Å².